The van der Waals surface area contributed by atoms with Gasteiger partial charge >= 0.3 is 0 Å². The summed E-state index contributed by atoms with van der Waals surface area (Å²) in [6.07, 6.45) is 0.703. The Morgan fingerprint density at radius 1 is 1.33 bits per heavy atom. The quantitative estimate of drug-likeness (QED) is 0.821. The average Bonchev–Trinajstić information content (AvgIpc) is 2.26. The number of rotatable bonds is 5. The van der Waals surface area contributed by atoms with E-state index in [9.17, 15) is 13.6 Å². The highest BCUT2D eigenvalue weighted by Gasteiger charge is 2.21. The van der Waals surface area contributed by atoms with E-state index >= 15 is 0 Å². The zero-order valence-corrected chi connectivity index (χ0v) is 11.2. The Hall–Kier alpha value is -1.16. The van der Waals surface area contributed by atoms with E-state index in [0.717, 1.165) is 12.1 Å². The zero-order valence-electron chi connectivity index (χ0n) is 10.4. The standard InChI is InChI=1S/C13H16ClF2NO/c1-13(2,6-7-14)8-17-12(18)11-9(15)4-3-5-10(11)16/h3-5H,6-8H2,1-2H3,(H,17,18). The smallest absolute Gasteiger partial charge is 0.257 e. The molecule has 0 aliphatic rings. The lowest BCUT2D eigenvalue weighted by atomic mass is 9.90. The van der Waals surface area contributed by atoms with Crippen molar-refractivity contribution in [1.82, 2.24) is 5.32 Å². The van der Waals surface area contributed by atoms with Crippen LogP contribution in [0.3, 0.4) is 0 Å². The van der Waals surface area contributed by atoms with E-state index in [0.29, 0.717) is 18.8 Å². The Morgan fingerprint density at radius 2 is 1.89 bits per heavy atom. The number of carbonyl (C=O) groups is 1. The van der Waals surface area contributed by atoms with Crippen LogP contribution in [0, 0.1) is 17.0 Å². The molecule has 1 aromatic rings. The van der Waals surface area contributed by atoms with Crippen LogP contribution >= 0.6 is 11.6 Å². The Balaban J connectivity index is 2.72. The van der Waals surface area contributed by atoms with E-state index in [2.05, 4.69) is 5.32 Å². The van der Waals surface area contributed by atoms with Gasteiger partial charge in [-0.3, -0.25) is 4.79 Å². The molecule has 0 aliphatic heterocycles. The topological polar surface area (TPSA) is 29.1 Å². The molecule has 0 aliphatic carbocycles. The van der Waals surface area contributed by atoms with Crippen LogP contribution in [-0.4, -0.2) is 18.3 Å². The third-order valence-corrected chi connectivity index (χ3v) is 2.88. The molecule has 1 N–H and O–H groups in total. The second-order valence-corrected chi connectivity index (χ2v) is 5.26. The van der Waals surface area contributed by atoms with Crippen LogP contribution in [0.25, 0.3) is 0 Å². The molecule has 0 radical (unpaired) electrons. The Morgan fingerprint density at radius 3 is 2.39 bits per heavy atom. The first kappa shape index (κ1) is 14.9. The second-order valence-electron chi connectivity index (χ2n) is 4.88. The minimum atomic E-state index is -0.859. The van der Waals surface area contributed by atoms with Crippen molar-refractivity contribution in [3.05, 3.63) is 35.4 Å². The minimum absolute atomic E-state index is 0.209. The lowest BCUT2D eigenvalue weighted by Gasteiger charge is -2.23. The van der Waals surface area contributed by atoms with Crippen molar-refractivity contribution >= 4 is 17.5 Å². The summed E-state index contributed by atoms with van der Waals surface area (Å²) in [5.41, 5.74) is -0.752. The molecule has 0 heterocycles. The third-order valence-electron chi connectivity index (χ3n) is 2.69. The van der Waals surface area contributed by atoms with Crippen LogP contribution in [0.1, 0.15) is 30.6 Å². The maximum Gasteiger partial charge on any atom is 0.257 e. The van der Waals surface area contributed by atoms with E-state index in [1.54, 1.807) is 0 Å². The first-order valence-electron chi connectivity index (χ1n) is 5.65. The van der Waals surface area contributed by atoms with Crippen molar-refractivity contribution in [2.75, 3.05) is 12.4 Å². The molecule has 100 valence electrons. The summed E-state index contributed by atoms with van der Waals surface area (Å²) in [4.78, 5) is 11.7. The molecule has 0 unspecified atom stereocenters. The van der Waals surface area contributed by atoms with Gasteiger partial charge in [0.05, 0.1) is 0 Å². The van der Waals surface area contributed by atoms with Crippen molar-refractivity contribution in [3.8, 4) is 0 Å². The molecule has 0 spiro atoms. The third kappa shape index (κ3) is 3.95. The molecule has 0 saturated heterocycles. The molecule has 0 bridgehead atoms. The van der Waals surface area contributed by atoms with Crippen molar-refractivity contribution in [2.24, 2.45) is 5.41 Å². The number of benzene rings is 1. The van der Waals surface area contributed by atoms with Gasteiger partial charge in [-0.05, 0) is 24.0 Å². The van der Waals surface area contributed by atoms with Gasteiger partial charge in [0.25, 0.3) is 5.91 Å². The van der Waals surface area contributed by atoms with Crippen LogP contribution in [-0.2, 0) is 0 Å². The van der Waals surface area contributed by atoms with Gasteiger partial charge in [0, 0.05) is 12.4 Å². The van der Waals surface area contributed by atoms with Crippen LogP contribution in [0.4, 0.5) is 8.78 Å². The predicted octanol–water partition coefficient (Wildman–Crippen LogP) is 3.35. The average molecular weight is 276 g/mol. The molecule has 0 atom stereocenters. The van der Waals surface area contributed by atoms with Crippen molar-refractivity contribution < 1.29 is 13.6 Å². The summed E-state index contributed by atoms with van der Waals surface area (Å²) in [5, 5.41) is 2.53. The number of hydrogen-bond acceptors (Lipinski definition) is 1. The van der Waals surface area contributed by atoms with Gasteiger partial charge in [0.2, 0.25) is 0 Å². The van der Waals surface area contributed by atoms with Gasteiger partial charge in [-0.2, -0.15) is 0 Å². The summed E-state index contributed by atoms with van der Waals surface area (Å²) in [5.74, 6) is -1.99. The summed E-state index contributed by atoms with van der Waals surface area (Å²) < 4.78 is 26.7. The highest BCUT2D eigenvalue weighted by Crippen LogP contribution is 2.20. The first-order valence-corrected chi connectivity index (χ1v) is 6.19. The number of hydrogen-bond donors (Lipinski definition) is 1. The zero-order chi connectivity index (χ0) is 13.8. The van der Waals surface area contributed by atoms with Gasteiger partial charge in [0.15, 0.2) is 0 Å². The minimum Gasteiger partial charge on any atom is -0.351 e. The lowest BCUT2D eigenvalue weighted by molar-refractivity contribution is 0.0927. The van der Waals surface area contributed by atoms with Gasteiger partial charge in [-0.15, -0.1) is 11.6 Å². The van der Waals surface area contributed by atoms with Crippen LogP contribution in [0.5, 0.6) is 0 Å². The maximum atomic E-state index is 13.3. The molecule has 18 heavy (non-hydrogen) atoms. The van der Waals surface area contributed by atoms with Gasteiger partial charge in [-0.25, -0.2) is 8.78 Å². The van der Waals surface area contributed by atoms with E-state index < -0.39 is 23.1 Å². The Kier molecular flexibility index (Phi) is 5.08. The number of alkyl halides is 1. The molecule has 0 saturated carbocycles. The molecule has 0 fully saturated rings. The lowest BCUT2D eigenvalue weighted by Crippen LogP contribution is -2.35. The maximum absolute atomic E-state index is 13.3. The SMILES string of the molecule is CC(C)(CCCl)CNC(=O)c1c(F)cccc1F. The molecule has 2 nitrogen and oxygen atoms in total. The second kappa shape index (κ2) is 6.14. The fraction of sp³-hybridized carbons (Fsp3) is 0.462. The predicted molar refractivity (Wildman–Crippen MR) is 67.8 cm³/mol. The van der Waals surface area contributed by atoms with Crippen molar-refractivity contribution in [1.29, 1.82) is 0 Å². The van der Waals surface area contributed by atoms with Crippen molar-refractivity contribution in [3.63, 3.8) is 0 Å². The van der Waals surface area contributed by atoms with Crippen LogP contribution in [0.15, 0.2) is 18.2 Å². The molecular weight excluding hydrogens is 260 g/mol. The summed E-state index contributed by atoms with van der Waals surface area (Å²) in [6.45, 7) is 4.16. The number of amides is 1. The summed E-state index contributed by atoms with van der Waals surface area (Å²) >= 11 is 5.64. The van der Waals surface area contributed by atoms with Crippen LogP contribution < -0.4 is 5.32 Å². The van der Waals surface area contributed by atoms with E-state index in [4.69, 9.17) is 11.6 Å². The van der Waals surface area contributed by atoms with Crippen molar-refractivity contribution in [2.45, 2.75) is 20.3 Å². The Bertz CT molecular complexity index is 415. The first-order chi connectivity index (χ1) is 8.37. The van der Waals surface area contributed by atoms with Gasteiger partial charge in [0.1, 0.15) is 17.2 Å². The summed E-state index contributed by atoms with van der Waals surface area (Å²) in [6, 6.07) is 3.34. The molecule has 1 rings (SSSR count). The number of nitrogens with one attached hydrogen (secondary N) is 1. The molecule has 1 amide bonds. The van der Waals surface area contributed by atoms with Gasteiger partial charge in [-0.1, -0.05) is 19.9 Å². The fourth-order valence-corrected chi connectivity index (χ4v) is 1.98. The largest absolute Gasteiger partial charge is 0.351 e. The van der Waals surface area contributed by atoms with E-state index in [1.165, 1.54) is 6.07 Å². The molecular formula is C13H16ClF2NO. The highest BCUT2D eigenvalue weighted by atomic mass is 35.5. The highest BCUT2D eigenvalue weighted by molar-refractivity contribution is 6.17. The molecule has 5 heteroatoms. The summed E-state index contributed by atoms with van der Waals surface area (Å²) in [7, 11) is 0. The van der Waals surface area contributed by atoms with Gasteiger partial charge < -0.3 is 5.32 Å². The molecule has 1 aromatic carbocycles. The van der Waals surface area contributed by atoms with E-state index in [1.807, 2.05) is 13.8 Å². The number of carbonyl (C=O) groups excluding carboxylic acids is 1. The Labute approximate surface area is 110 Å². The fourth-order valence-electron chi connectivity index (χ4n) is 1.47. The normalized spacial score (nSPS) is 11.4. The number of halogens is 3. The monoisotopic (exact) mass is 275 g/mol. The van der Waals surface area contributed by atoms with E-state index in [-0.39, 0.29) is 5.41 Å². The van der Waals surface area contributed by atoms with Crippen LogP contribution in [0.2, 0.25) is 0 Å². The molecule has 0 aromatic heterocycles.